The molecule has 0 saturated carbocycles. The fourth-order valence-electron chi connectivity index (χ4n) is 3.09. The summed E-state index contributed by atoms with van der Waals surface area (Å²) in [7, 11) is 3.42. The van der Waals surface area contributed by atoms with E-state index in [1.165, 1.54) is 0 Å². The van der Waals surface area contributed by atoms with Crippen LogP contribution >= 0.6 is 24.0 Å². The van der Waals surface area contributed by atoms with E-state index >= 15 is 0 Å². The number of amides is 1. The Morgan fingerprint density at radius 2 is 1.82 bits per heavy atom. The van der Waals surface area contributed by atoms with Gasteiger partial charge in [0.25, 0.3) is 0 Å². The van der Waals surface area contributed by atoms with Crippen LogP contribution in [0.25, 0.3) is 0 Å². The van der Waals surface area contributed by atoms with Gasteiger partial charge in [0.15, 0.2) is 5.96 Å². The Bertz CT molecular complexity index is 808. The van der Waals surface area contributed by atoms with Crippen LogP contribution in [0.4, 0.5) is 5.69 Å². The maximum absolute atomic E-state index is 11.8. The van der Waals surface area contributed by atoms with Gasteiger partial charge in [-0.3, -0.25) is 9.79 Å². The molecule has 1 aliphatic heterocycles. The zero-order chi connectivity index (χ0) is 19.1. The average molecular weight is 494 g/mol. The zero-order valence-electron chi connectivity index (χ0n) is 16.3. The molecule has 0 aliphatic carbocycles. The van der Waals surface area contributed by atoms with Gasteiger partial charge >= 0.3 is 0 Å². The van der Waals surface area contributed by atoms with E-state index in [-0.39, 0.29) is 29.9 Å². The van der Waals surface area contributed by atoms with Crippen molar-refractivity contribution in [2.45, 2.75) is 25.9 Å². The summed E-state index contributed by atoms with van der Waals surface area (Å²) in [4.78, 5) is 17.9. The number of anilines is 1. The number of halogens is 1. The Kier molecular flexibility index (Phi) is 8.56. The highest BCUT2D eigenvalue weighted by molar-refractivity contribution is 14.0. The van der Waals surface area contributed by atoms with Crippen molar-refractivity contribution in [1.82, 2.24) is 10.6 Å². The van der Waals surface area contributed by atoms with Crippen LogP contribution in [0.1, 0.15) is 24.0 Å². The predicted molar refractivity (Wildman–Crippen MR) is 123 cm³/mol. The van der Waals surface area contributed by atoms with Gasteiger partial charge in [-0.15, -0.1) is 24.0 Å². The standard InChI is InChI=1S/C21H26N4O2.HI/c1-22-21(24-15-17-5-3-6-19(13-17)27-2)23-14-16-8-10-18(11-9-16)25-12-4-7-20(25)26;/h3,5-6,8-11,13H,4,7,12,14-15H2,1-2H3,(H2,22,23,24);1H. The second-order valence-corrected chi connectivity index (χ2v) is 6.45. The number of carbonyl (C=O) groups is 1. The van der Waals surface area contributed by atoms with E-state index in [0.717, 1.165) is 41.5 Å². The number of guanidine groups is 1. The molecule has 7 heteroatoms. The summed E-state index contributed by atoms with van der Waals surface area (Å²) in [5, 5.41) is 6.61. The van der Waals surface area contributed by atoms with Gasteiger partial charge in [0.05, 0.1) is 7.11 Å². The third-order valence-corrected chi connectivity index (χ3v) is 4.60. The number of carbonyl (C=O) groups excluding carboxylic acids is 1. The maximum Gasteiger partial charge on any atom is 0.227 e. The van der Waals surface area contributed by atoms with Crippen molar-refractivity contribution in [3.05, 3.63) is 59.7 Å². The molecule has 0 radical (unpaired) electrons. The third kappa shape index (κ3) is 5.85. The van der Waals surface area contributed by atoms with E-state index in [9.17, 15) is 4.79 Å². The van der Waals surface area contributed by atoms with Crippen molar-refractivity contribution in [3.63, 3.8) is 0 Å². The third-order valence-electron chi connectivity index (χ3n) is 4.60. The van der Waals surface area contributed by atoms with E-state index in [1.54, 1.807) is 14.2 Å². The monoisotopic (exact) mass is 494 g/mol. The van der Waals surface area contributed by atoms with Crippen molar-refractivity contribution in [2.75, 3.05) is 25.6 Å². The van der Waals surface area contributed by atoms with Crippen molar-refractivity contribution in [1.29, 1.82) is 0 Å². The van der Waals surface area contributed by atoms with Crippen LogP contribution in [-0.4, -0.2) is 32.6 Å². The van der Waals surface area contributed by atoms with Gasteiger partial charge in [0.2, 0.25) is 5.91 Å². The Labute approximate surface area is 183 Å². The Morgan fingerprint density at radius 3 is 2.43 bits per heavy atom. The van der Waals surface area contributed by atoms with Crippen molar-refractivity contribution in [3.8, 4) is 5.75 Å². The van der Waals surface area contributed by atoms with Crippen molar-refractivity contribution in [2.24, 2.45) is 4.99 Å². The highest BCUT2D eigenvalue weighted by atomic mass is 127. The molecular formula is C21H27IN4O2. The molecule has 2 aromatic rings. The second kappa shape index (κ2) is 10.9. The second-order valence-electron chi connectivity index (χ2n) is 6.45. The number of nitrogens with one attached hydrogen (secondary N) is 2. The summed E-state index contributed by atoms with van der Waals surface area (Å²) in [6, 6.07) is 16.0. The molecule has 28 heavy (non-hydrogen) atoms. The highest BCUT2D eigenvalue weighted by Gasteiger charge is 2.21. The van der Waals surface area contributed by atoms with Gasteiger partial charge in [0.1, 0.15) is 5.75 Å². The van der Waals surface area contributed by atoms with Gasteiger partial charge in [-0.2, -0.15) is 0 Å². The van der Waals surface area contributed by atoms with Gasteiger partial charge < -0.3 is 20.3 Å². The molecule has 0 aromatic heterocycles. The molecule has 1 aliphatic rings. The SMILES string of the molecule is CN=C(NCc1ccc(N2CCCC2=O)cc1)NCc1cccc(OC)c1.I. The fourth-order valence-corrected chi connectivity index (χ4v) is 3.09. The molecule has 150 valence electrons. The minimum absolute atomic E-state index is 0. The number of nitrogens with zero attached hydrogens (tertiary/aromatic N) is 2. The largest absolute Gasteiger partial charge is 0.497 e. The van der Waals surface area contributed by atoms with Gasteiger partial charge in [-0.05, 0) is 41.8 Å². The minimum Gasteiger partial charge on any atom is -0.497 e. The minimum atomic E-state index is 0. The normalized spacial score (nSPS) is 13.9. The van der Waals surface area contributed by atoms with Crippen molar-refractivity contribution < 1.29 is 9.53 Å². The molecule has 0 unspecified atom stereocenters. The van der Waals surface area contributed by atoms with Crippen molar-refractivity contribution >= 4 is 41.5 Å². The molecule has 1 heterocycles. The van der Waals surface area contributed by atoms with E-state index in [1.807, 2.05) is 53.4 Å². The van der Waals surface area contributed by atoms with E-state index in [4.69, 9.17) is 4.74 Å². The summed E-state index contributed by atoms with van der Waals surface area (Å²) in [6.45, 7) is 2.14. The lowest BCUT2D eigenvalue weighted by molar-refractivity contribution is -0.117. The molecule has 1 saturated heterocycles. The Morgan fingerprint density at radius 1 is 1.11 bits per heavy atom. The molecule has 2 N–H and O–H groups in total. The first kappa shape index (κ1) is 22.0. The average Bonchev–Trinajstić information content (AvgIpc) is 3.14. The van der Waals surface area contributed by atoms with Crippen LogP contribution in [-0.2, 0) is 17.9 Å². The maximum atomic E-state index is 11.8. The first-order valence-corrected chi connectivity index (χ1v) is 9.16. The summed E-state index contributed by atoms with van der Waals surface area (Å²) < 4.78 is 5.25. The summed E-state index contributed by atoms with van der Waals surface area (Å²) >= 11 is 0. The quantitative estimate of drug-likeness (QED) is 0.368. The smallest absolute Gasteiger partial charge is 0.227 e. The molecular weight excluding hydrogens is 467 g/mol. The summed E-state index contributed by atoms with van der Waals surface area (Å²) in [5.41, 5.74) is 3.23. The number of methoxy groups -OCH3 is 1. The zero-order valence-corrected chi connectivity index (χ0v) is 18.6. The molecule has 6 nitrogen and oxygen atoms in total. The molecule has 0 bridgehead atoms. The van der Waals surface area contributed by atoms with Gasteiger partial charge in [-0.1, -0.05) is 24.3 Å². The molecule has 0 atom stereocenters. The molecule has 1 fully saturated rings. The number of hydrogen-bond acceptors (Lipinski definition) is 3. The van der Waals surface area contributed by atoms with Crippen LogP contribution in [0.5, 0.6) is 5.75 Å². The highest BCUT2D eigenvalue weighted by Crippen LogP contribution is 2.21. The molecule has 1 amide bonds. The fraction of sp³-hybridized carbons (Fsp3) is 0.333. The first-order chi connectivity index (χ1) is 13.2. The number of ether oxygens (including phenoxy) is 1. The molecule has 2 aromatic carbocycles. The summed E-state index contributed by atoms with van der Waals surface area (Å²) in [5.74, 6) is 1.79. The lowest BCUT2D eigenvalue weighted by Gasteiger charge is -2.16. The molecule has 3 rings (SSSR count). The predicted octanol–water partition coefficient (Wildman–Crippen LogP) is 3.31. The first-order valence-electron chi connectivity index (χ1n) is 9.16. The van der Waals surface area contributed by atoms with E-state index < -0.39 is 0 Å². The van der Waals surface area contributed by atoms with Crippen LogP contribution < -0.4 is 20.3 Å². The van der Waals surface area contributed by atoms with Gasteiger partial charge in [0, 0.05) is 38.8 Å². The van der Waals surface area contributed by atoms with Crippen LogP contribution in [0.3, 0.4) is 0 Å². The van der Waals surface area contributed by atoms with Crippen LogP contribution in [0.15, 0.2) is 53.5 Å². The lowest BCUT2D eigenvalue weighted by atomic mass is 10.2. The Hall–Kier alpha value is -2.29. The Balaban J connectivity index is 0.00000280. The van der Waals surface area contributed by atoms with Gasteiger partial charge in [-0.25, -0.2) is 0 Å². The number of benzene rings is 2. The van der Waals surface area contributed by atoms with Crippen LogP contribution in [0.2, 0.25) is 0 Å². The topological polar surface area (TPSA) is 66.0 Å². The number of hydrogen-bond donors (Lipinski definition) is 2. The van der Waals surface area contributed by atoms with E-state index in [0.29, 0.717) is 19.5 Å². The summed E-state index contributed by atoms with van der Waals surface area (Å²) in [6.07, 6.45) is 1.59. The lowest BCUT2D eigenvalue weighted by Crippen LogP contribution is -2.36. The number of aliphatic imine (C=N–C) groups is 1. The molecule has 0 spiro atoms. The number of rotatable bonds is 6. The van der Waals surface area contributed by atoms with Crippen LogP contribution in [0, 0.1) is 0 Å². The van der Waals surface area contributed by atoms with E-state index in [2.05, 4.69) is 15.6 Å².